The highest BCUT2D eigenvalue weighted by molar-refractivity contribution is 14.1. The second-order valence-corrected chi connectivity index (χ2v) is 3.77. The Morgan fingerprint density at radius 2 is 2.18 bits per heavy atom. The number of hydrogen-bond donors (Lipinski definition) is 0. The molecule has 0 radical (unpaired) electrons. The maximum atomic E-state index is 13.0. The van der Waals surface area contributed by atoms with Crippen molar-refractivity contribution in [3.05, 3.63) is 31.6 Å². The van der Waals surface area contributed by atoms with Gasteiger partial charge in [-0.1, -0.05) is 0 Å². The average Bonchev–Trinajstić information content (AvgIpc) is 2.01. The predicted octanol–water partition coefficient (Wildman–Crippen LogP) is 3.06. The summed E-state index contributed by atoms with van der Waals surface area (Å²) >= 11 is 5.00. The maximum absolute atomic E-state index is 13.0. The van der Waals surface area contributed by atoms with Crippen molar-refractivity contribution >= 4 is 38.5 Å². The molecule has 56 valence electrons. The highest BCUT2D eigenvalue weighted by Crippen LogP contribution is 2.23. The van der Waals surface area contributed by atoms with E-state index < -0.39 is 5.82 Å². The van der Waals surface area contributed by atoms with Crippen LogP contribution in [0.25, 0.3) is 0 Å². The van der Waals surface area contributed by atoms with Crippen molar-refractivity contribution in [2.24, 2.45) is 0 Å². The molecule has 1 aromatic rings. The summed E-state index contributed by atoms with van der Waals surface area (Å²) in [7, 11) is 0. The van der Waals surface area contributed by atoms with Crippen LogP contribution in [0.3, 0.4) is 0 Å². The lowest BCUT2D eigenvalue weighted by Gasteiger charge is -1.97. The van der Waals surface area contributed by atoms with E-state index in [4.69, 9.17) is 5.26 Å². The van der Waals surface area contributed by atoms with Crippen molar-refractivity contribution in [1.29, 1.82) is 5.26 Å². The molecular weight excluding hydrogens is 324 g/mol. The molecule has 0 aliphatic carbocycles. The van der Waals surface area contributed by atoms with Gasteiger partial charge in [-0.05, 0) is 50.7 Å². The lowest BCUT2D eigenvalue weighted by Crippen LogP contribution is -1.88. The summed E-state index contributed by atoms with van der Waals surface area (Å²) in [6.45, 7) is 0. The molecule has 0 bridgehead atoms. The third kappa shape index (κ3) is 1.71. The van der Waals surface area contributed by atoms with E-state index in [-0.39, 0.29) is 5.56 Å². The summed E-state index contributed by atoms with van der Waals surface area (Å²) < 4.78 is 14.1. The van der Waals surface area contributed by atoms with Gasteiger partial charge in [0.1, 0.15) is 6.07 Å². The molecular formula is C7H2BrFIN. The van der Waals surface area contributed by atoms with Gasteiger partial charge < -0.3 is 0 Å². The second kappa shape index (κ2) is 3.50. The summed E-state index contributed by atoms with van der Waals surface area (Å²) in [4.78, 5) is 0. The average molecular weight is 326 g/mol. The van der Waals surface area contributed by atoms with Gasteiger partial charge in [-0.25, -0.2) is 4.39 Å². The molecule has 0 fully saturated rings. The second-order valence-electron chi connectivity index (χ2n) is 1.83. The third-order valence-corrected chi connectivity index (χ3v) is 3.61. The van der Waals surface area contributed by atoms with Crippen molar-refractivity contribution in [1.82, 2.24) is 0 Å². The van der Waals surface area contributed by atoms with E-state index in [2.05, 4.69) is 15.9 Å². The molecule has 0 saturated carbocycles. The van der Waals surface area contributed by atoms with E-state index in [9.17, 15) is 4.39 Å². The number of nitriles is 1. The number of benzene rings is 1. The molecule has 0 spiro atoms. The van der Waals surface area contributed by atoms with Crippen LogP contribution >= 0.6 is 38.5 Å². The zero-order valence-corrected chi connectivity index (χ0v) is 8.98. The van der Waals surface area contributed by atoms with Crippen molar-refractivity contribution < 1.29 is 4.39 Å². The predicted molar refractivity (Wildman–Crippen MR) is 51.5 cm³/mol. The summed E-state index contributed by atoms with van der Waals surface area (Å²) in [6, 6.07) is 4.86. The topological polar surface area (TPSA) is 23.8 Å². The van der Waals surface area contributed by atoms with Gasteiger partial charge in [-0.3, -0.25) is 0 Å². The van der Waals surface area contributed by atoms with E-state index in [1.165, 1.54) is 6.07 Å². The Morgan fingerprint density at radius 1 is 1.55 bits per heavy atom. The molecule has 0 atom stereocenters. The van der Waals surface area contributed by atoms with Crippen LogP contribution in [0.1, 0.15) is 5.56 Å². The molecule has 0 aromatic heterocycles. The van der Waals surface area contributed by atoms with E-state index in [1.807, 2.05) is 22.6 Å². The van der Waals surface area contributed by atoms with Crippen LogP contribution in [0.5, 0.6) is 0 Å². The van der Waals surface area contributed by atoms with Gasteiger partial charge in [0.05, 0.1) is 9.13 Å². The van der Waals surface area contributed by atoms with Crippen LogP contribution in [0.15, 0.2) is 16.6 Å². The number of halogens is 3. The SMILES string of the molecule is N#Cc1ccc(Br)c(I)c1F. The minimum absolute atomic E-state index is 0.0811. The number of hydrogen-bond acceptors (Lipinski definition) is 1. The number of rotatable bonds is 0. The van der Waals surface area contributed by atoms with Gasteiger partial charge in [0.15, 0.2) is 5.82 Å². The smallest absolute Gasteiger partial charge is 0.155 e. The highest BCUT2D eigenvalue weighted by Gasteiger charge is 2.07. The van der Waals surface area contributed by atoms with E-state index in [0.29, 0.717) is 8.04 Å². The Kier molecular flexibility index (Phi) is 2.84. The fraction of sp³-hybridized carbons (Fsp3) is 0. The largest absolute Gasteiger partial charge is 0.204 e. The van der Waals surface area contributed by atoms with E-state index in [0.717, 1.165) is 0 Å². The van der Waals surface area contributed by atoms with Crippen LogP contribution in [-0.4, -0.2) is 0 Å². The van der Waals surface area contributed by atoms with E-state index in [1.54, 1.807) is 12.1 Å². The zero-order valence-electron chi connectivity index (χ0n) is 5.24. The molecule has 0 amide bonds. The quantitative estimate of drug-likeness (QED) is 0.531. The Bertz CT molecular complexity index is 332. The molecule has 0 aliphatic heterocycles. The molecule has 1 nitrogen and oxygen atoms in total. The summed E-state index contributed by atoms with van der Waals surface area (Å²) in [5.41, 5.74) is 0.0811. The van der Waals surface area contributed by atoms with Gasteiger partial charge in [0.2, 0.25) is 0 Å². The Labute approximate surface area is 85.5 Å². The van der Waals surface area contributed by atoms with Crippen molar-refractivity contribution in [3.8, 4) is 6.07 Å². The minimum atomic E-state index is -0.456. The monoisotopic (exact) mass is 325 g/mol. The van der Waals surface area contributed by atoms with Gasteiger partial charge >= 0.3 is 0 Å². The van der Waals surface area contributed by atoms with Crippen LogP contribution in [-0.2, 0) is 0 Å². The van der Waals surface area contributed by atoms with Gasteiger partial charge in [0.25, 0.3) is 0 Å². The van der Waals surface area contributed by atoms with Crippen molar-refractivity contribution in [2.75, 3.05) is 0 Å². The summed E-state index contributed by atoms with van der Waals surface area (Å²) in [5, 5.41) is 8.43. The Hall–Kier alpha value is -0.150. The molecule has 4 heteroatoms. The fourth-order valence-corrected chi connectivity index (χ4v) is 1.39. The van der Waals surface area contributed by atoms with Crippen LogP contribution in [0, 0.1) is 20.7 Å². The van der Waals surface area contributed by atoms with E-state index >= 15 is 0 Å². The highest BCUT2D eigenvalue weighted by atomic mass is 127. The fourth-order valence-electron chi connectivity index (χ4n) is 0.612. The van der Waals surface area contributed by atoms with Gasteiger partial charge in [0, 0.05) is 4.47 Å². The first-order valence-corrected chi connectivity index (χ1v) is 4.57. The Morgan fingerprint density at radius 3 is 2.73 bits per heavy atom. The van der Waals surface area contributed by atoms with Gasteiger partial charge in [-0.15, -0.1) is 0 Å². The molecule has 0 N–H and O–H groups in total. The lowest BCUT2D eigenvalue weighted by molar-refractivity contribution is 0.615. The summed E-state index contributed by atoms with van der Waals surface area (Å²) in [6.07, 6.45) is 0. The first kappa shape index (κ1) is 8.94. The zero-order chi connectivity index (χ0) is 8.43. The first-order chi connectivity index (χ1) is 5.16. The maximum Gasteiger partial charge on any atom is 0.155 e. The number of nitrogens with zero attached hydrogens (tertiary/aromatic N) is 1. The molecule has 0 aliphatic rings. The van der Waals surface area contributed by atoms with Crippen LogP contribution < -0.4 is 0 Å². The standard InChI is InChI=1S/C7H2BrFIN/c8-5-2-1-4(3-11)6(9)7(5)10/h1-2H. The molecule has 1 rings (SSSR count). The first-order valence-electron chi connectivity index (χ1n) is 2.70. The molecule has 11 heavy (non-hydrogen) atoms. The van der Waals surface area contributed by atoms with Crippen LogP contribution in [0.4, 0.5) is 4.39 Å². The summed E-state index contributed by atoms with van der Waals surface area (Å²) in [5.74, 6) is -0.456. The Balaban J connectivity index is 3.40. The molecule has 0 unspecified atom stereocenters. The van der Waals surface area contributed by atoms with Crippen molar-refractivity contribution in [3.63, 3.8) is 0 Å². The van der Waals surface area contributed by atoms with Crippen molar-refractivity contribution in [2.45, 2.75) is 0 Å². The third-order valence-electron chi connectivity index (χ3n) is 1.16. The lowest BCUT2D eigenvalue weighted by atomic mass is 10.2. The van der Waals surface area contributed by atoms with Crippen LogP contribution in [0.2, 0.25) is 0 Å². The molecule has 0 heterocycles. The van der Waals surface area contributed by atoms with Gasteiger partial charge in [-0.2, -0.15) is 5.26 Å². The minimum Gasteiger partial charge on any atom is -0.204 e. The molecule has 0 saturated heterocycles. The molecule has 1 aromatic carbocycles. The normalized spacial score (nSPS) is 9.27.